The van der Waals surface area contributed by atoms with Gasteiger partial charge in [-0.05, 0) is 23.6 Å². The molecule has 0 aliphatic carbocycles. The van der Waals surface area contributed by atoms with Gasteiger partial charge < -0.3 is 4.74 Å². The van der Waals surface area contributed by atoms with E-state index in [0.29, 0.717) is 11.5 Å². The van der Waals surface area contributed by atoms with Gasteiger partial charge in [-0.25, -0.2) is 4.79 Å². The third-order valence-corrected chi connectivity index (χ3v) is 4.82. The maximum Gasteiger partial charge on any atom is 0.337 e. The first-order valence-electron chi connectivity index (χ1n) is 7.71. The number of carbonyl (C=O) groups excluding carboxylic acids is 1. The molecule has 3 rings (SSSR count). The van der Waals surface area contributed by atoms with E-state index in [9.17, 15) is 4.79 Å². The molecule has 1 aromatic heterocycles. The summed E-state index contributed by atoms with van der Waals surface area (Å²) in [5, 5.41) is 10.3. The molecule has 0 aliphatic heterocycles. The number of hydrogen-bond acceptors (Lipinski definition) is 5. The van der Waals surface area contributed by atoms with Gasteiger partial charge in [0.1, 0.15) is 10.0 Å². The lowest BCUT2D eigenvalue weighted by Gasteiger charge is -2.04. The summed E-state index contributed by atoms with van der Waals surface area (Å²) in [4.78, 5) is 11.5. The number of carbonyl (C=O) groups is 1. The van der Waals surface area contributed by atoms with Crippen molar-refractivity contribution in [3.63, 3.8) is 0 Å². The largest absolute Gasteiger partial charge is 0.465 e. The first kappa shape index (κ1) is 16.3. The highest BCUT2D eigenvalue weighted by atomic mass is 32.1. The van der Waals surface area contributed by atoms with Crippen LogP contribution in [0, 0.1) is 0 Å². The Morgan fingerprint density at radius 3 is 1.88 bits per heavy atom. The van der Waals surface area contributed by atoms with E-state index in [2.05, 4.69) is 48.3 Å². The zero-order chi connectivity index (χ0) is 17.1. The summed E-state index contributed by atoms with van der Waals surface area (Å²) < 4.78 is 4.71. The number of nitrogens with zero attached hydrogens (tertiary/aromatic N) is 2. The van der Waals surface area contributed by atoms with Crippen LogP contribution in [0.5, 0.6) is 0 Å². The minimum atomic E-state index is -0.343. The first-order valence-corrected chi connectivity index (χ1v) is 8.52. The predicted octanol–water partition coefficient (Wildman–Crippen LogP) is 4.78. The number of methoxy groups -OCH3 is 1. The Morgan fingerprint density at radius 1 is 0.917 bits per heavy atom. The number of rotatable bonds is 4. The van der Waals surface area contributed by atoms with Crippen LogP contribution in [0.2, 0.25) is 0 Å². The third-order valence-electron chi connectivity index (χ3n) is 3.80. The van der Waals surface area contributed by atoms with E-state index in [1.807, 2.05) is 12.1 Å². The van der Waals surface area contributed by atoms with Gasteiger partial charge in [0.2, 0.25) is 0 Å². The average molecular weight is 338 g/mol. The summed E-state index contributed by atoms with van der Waals surface area (Å²) >= 11 is 1.53. The monoisotopic (exact) mass is 338 g/mol. The second-order valence-electron chi connectivity index (χ2n) is 5.76. The fourth-order valence-electron chi connectivity index (χ4n) is 2.33. The number of benzene rings is 2. The zero-order valence-corrected chi connectivity index (χ0v) is 14.6. The average Bonchev–Trinajstić information content (AvgIpc) is 3.11. The molecular weight excluding hydrogens is 320 g/mol. The fraction of sp³-hybridized carbons (Fsp3) is 0.211. The summed E-state index contributed by atoms with van der Waals surface area (Å²) in [7, 11) is 1.37. The lowest BCUT2D eigenvalue weighted by atomic mass is 10.0. The lowest BCUT2D eigenvalue weighted by molar-refractivity contribution is 0.0601. The van der Waals surface area contributed by atoms with Gasteiger partial charge in [0, 0.05) is 11.1 Å². The molecule has 0 unspecified atom stereocenters. The van der Waals surface area contributed by atoms with Crippen LogP contribution in [0.1, 0.15) is 35.7 Å². The van der Waals surface area contributed by atoms with Crippen molar-refractivity contribution in [1.29, 1.82) is 0 Å². The number of esters is 1. The molecule has 122 valence electrons. The highest BCUT2D eigenvalue weighted by molar-refractivity contribution is 7.17. The van der Waals surface area contributed by atoms with E-state index in [1.54, 1.807) is 12.1 Å². The van der Waals surface area contributed by atoms with Crippen molar-refractivity contribution in [3.05, 3.63) is 59.7 Å². The van der Waals surface area contributed by atoms with Gasteiger partial charge in [0.25, 0.3) is 0 Å². The minimum Gasteiger partial charge on any atom is -0.465 e. The van der Waals surface area contributed by atoms with Crippen LogP contribution in [-0.2, 0) is 4.74 Å². The van der Waals surface area contributed by atoms with Gasteiger partial charge in [-0.3, -0.25) is 0 Å². The van der Waals surface area contributed by atoms with Crippen LogP contribution in [0.3, 0.4) is 0 Å². The van der Waals surface area contributed by atoms with Crippen molar-refractivity contribution in [3.8, 4) is 21.1 Å². The lowest BCUT2D eigenvalue weighted by Crippen LogP contribution is -2.00. The summed E-state index contributed by atoms with van der Waals surface area (Å²) in [5.74, 6) is 0.169. The van der Waals surface area contributed by atoms with Crippen molar-refractivity contribution < 1.29 is 9.53 Å². The molecule has 5 heteroatoms. The maximum atomic E-state index is 11.5. The van der Waals surface area contributed by atoms with Crippen LogP contribution in [0.4, 0.5) is 0 Å². The molecule has 3 aromatic rings. The van der Waals surface area contributed by atoms with Crippen LogP contribution in [0.25, 0.3) is 21.1 Å². The molecule has 0 amide bonds. The van der Waals surface area contributed by atoms with Gasteiger partial charge in [0.15, 0.2) is 0 Å². The van der Waals surface area contributed by atoms with Crippen molar-refractivity contribution in [2.45, 2.75) is 19.8 Å². The molecule has 0 aliphatic rings. The highest BCUT2D eigenvalue weighted by Crippen LogP contribution is 2.30. The van der Waals surface area contributed by atoms with Crippen molar-refractivity contribution >= 4 is 17.3 Å². The third kappa shape index (κ3) is 3.36. The molecule has 24 heavy (non-hydrogen) atoms. The molecule has 0 saturated heterocycles. The Labute approximate surface area is 145 Å². The topological polar surface area (TPSA) is 52.1 Å². The first-order chi connectivity index (χ1) is 11.6. The molecule has 0 bridgehead atoms. The van der Waals surface area contributed by atoms with E-state index in [0.717, 1.165) is 21.1 Å². The molecule has 0 N–H and O–H groups in total. The van der Waals surface area contributed by atoms with Crippen LogP contribution < -0.4 is 0 Å². The Bertz CT molecular complexity index is 837. The highest BCUT2D eigenvalue weighted by Gasteiger charge is 2.11. The van der Waals surface area contributed by atoms with Gasteiger partial charge in [-0.15, -0.1) is 10.2 Å². The molecule has 0 fully saturated rings. The summed E-state index contributed by atoms with van der Waals surface area (Å²) in [6.07, 6.45) is 0. The molecule has 4 nitrogen and oxygen atoms in total. The van der Waals surface area contributed by atoms with Gasteiger partial charge in [0.05, 0.1) is 12.7 Å². The van der Waals surface area contributed by atoms with Crippen molar-refractivity contribution in [1.82, 2.24) is 10.2 Å². The summed E-state index contributed by atoms with van der Waals surface area (Å²) in [6, 6.07) is 15.6. The molecule has 2 aromatic carbocycles. The molecule has 0 radical (unpaired) electrons. The van der Waals surface area contributed by atoms with Gasteiger partial charge in [-0.1, -0.05) is 61.6 Å². The Balaban J connectivity index is 1.83. The summed E-state index contributed by atoms with van der Waals surface area (Å²) in [5.41, 5.74) is 3.83. The zero-order valence-electron chi connectivity index (χ0n) is 13.8. The smallest absolute Gasteiger partial charge is 0.337 e. The maximum absolute atomic E-state index is 11.5. The van der Waals surface area contributed by atoms with Crippen LogP contribution >= 0.6 is 11.3 Å². The Kier molecular flexibility index (Phi) is 4.71. The van der Waals surface area contributed by atoms with E-state index in [1.165, 1.54) is 24.0 Å². The second-order valence-corrected chi connectivity index (χ2v) is 6.74. The number of hydrogen-bond donors (Lipinski definition) is 0. The predicted molar refractivity (Wildman–Crippen MR) is 96.2 cm³/mol. The molecule has 0 saturated carbocycles. The fourth-order valence-corrected chi connectivity index (χ4v) is 3.19. The van der Waals surface area contributed by atoms with E-state index in [-0.39, 0.29) is 5.97 Å². The molecule has 1 heterocycles. The van der Waals surface area contributed by atoms with E-state index < -0.39 is 0 Å². The Morgan fingerprint density at radius 2 is 1.42 bits per heavy atom. The number of ether oxygens (including phenoxy) is 1. The van der Waals surface area contributed by atoms with Crippen LogP contribution in [0.15, 0.2) is 48.5 Å². The number of aromatic nitrogens is 2. The van der Waals surface area contributed by atoms with E-state index in [4.69, 9.17) is 4.74 Å². The SMILES string of the molecule is COC(=O)c1ccc(-c2nnc(-c3ccc(C(C)C)cc3)s2)cc1. The van der Waals surface area contributed by atoms with Gasteiger partial charge >= 0.3 is 5.97 Å². The Hall–Kier alpha value is -2.53. The minimum absolute atomic E-state index is 0.343. The molecular formula is C19H18N2O2S. The quantitative estimate of drug-likeness (QED) is 0.642. The van der Waals surface area contributed by atoms with Crippen molar-refractivity contribution in [2.24, 2.45) is 0 Å². The standard InChI is InChI=1S/C19H18N2O2S/c1-12(2)13-4-6-14(7-5-13)17-20-21-18(24-17)15-8-10-16(11-9-15)19(22)23-3/h4-12H,1-3H3. The summed E-state index contributed by atoms with van der Waals surface area (Å²) in [6.45, 7) is 4.35. The van der Waals surface area contributed by atoms with E-state index >= 15 is 0 Å². The molecule has 0 atom stereocenters. The van der Waals surface area contributed by atoms with Gasteiger partial charge in [-0.2, -0.15) is 0 Å². The van der Waals surface area contributed by atoms with Crippen LogP contribution in [-0.4, -0.2) is 23.3 Å². The molecule has 0 spiro atoms. The second kappa shape index (κ2) is 6.93. The van der Waals surface area contributed by atoms with Crippen molar-refractivity contribution in [2.75, 3.05) is 7.11 Å². The normalized spacial score (nSPS) is 10.8.